The smallest absolute Gasteiger partial charge is 0.250 e. The SMILES string of the molecule is Cn1ncnc1C1C2=CNC(=O)C=C3N=NCC(=C32)CC1c1ccc(F)cc1. The molecule has 0 fully saturated rings. The van der Waals surface area contributed by atoms with E-state index in [1.54, 1.807) is 10.9 Å². The standard InChI is InChI=1S/C20H17FN6O/c1-27-20(23-10-25-27)19-14(11-2-4-13(21)5-3-11)6-12-8-24-26-16-7-17(28)22-9-15(19)18(12)16/h2-5,7,9-10,14,19H,6,8H2,1H3,(H,22,28). The second kappa shape index (κ2) is 6.33. The van der Waals surface area contributed by atoms with Crippen molar-refractivity contribution in [2.24, 2.45) is 17.3 Å². The van der Waals surface area contributed by atoms with Crippen LogP contribution in [0.1, 0.15) is 29.6 Å². The minimum absolute atomic E-state index is 0.0121. The van der Waals surface area contributed by atoms with Crippen LogP contribution in [-0.2, 0) is 11.8 Å². The van der Waals surface area contributed by atoms with Crippen LogP contribution in [0.3, 0.4) is 0 Å². The van der Waals surface area contributed by atoms with Gasteiger partial charge < -0.3 is 5.32 Å². The van der Waals surface area contributed by atoms with Crippen molar-refractivity contribution in [3.63, 3.8) is 0 Å². The first-order valence-electron chi connectivity index (χ1n) is 9.03. The average Bonchev–Trinajstić information content (AvgIpc) is 3.03. The molecule has 2 unspecified atom stereocenters. The van der Waals surface area contributed by atoms with Gasteiger partial charge in [-0.1, -0.05) is 12.1 Å². The van der Waals surface area contributed by atoms with Crippen molar-refractivity contribution in [2.45, 2.75) is 18.3 Å². The Bertz CT molecular complexity index is 1090. The molecule has 1 aromatic carbocycles. The zero-order valence-electron chi connectivity index (χ0n) is 15.1. The lowest BCUT2D eigenvalue weighted by Crippen LogP contribution is -2.27. The topological polar surface area (TPSA) is 84.5 Å². The molecule has 0 bridgehead atoms. The van der Waals surface area contributed by atoms with E-state index in [0.717, 1.165) is 34.5 Å². The summed E-state index contributed by atoms with van der Waals surface area (Å²) in [5.41, 5.74) is 4.59. The molecule has 0 saturated heterocycles. The van der Waals surface area contributed by atoms with Gasteiger partial charge in [-0.2, -0.15) is 15.3 Å². The number of carbonyl (C=O) groups is 1. The first kappa shape index (κ1) is 16.7. The lowest BCUT2D eigenvalue weighted by molar-refractivity contribution is -0.115. The van der Waals surface area contributed by atoms with Crippen LogP contribution in [0.25, 0.3) is 0 Å². The Labute approximate surface area is 160 Å². The van der Waals surface area contributed by atoms with Crippen molar-refractivity contribution in [2.75, 3.05) is 6.54 Å². The second-order valence-corrected chi connectivity index (χ2v) is 7.10. The van der Waals surface area contributed by atoms with E-state index in [1.165, 1.54) is 24.5 Å². The number of carbonyl (C=O) groups excluding carboxylic acids is 1. The Balaban J connectivity index is 1.73. The summed E-state index contributed by atoms with van der Waals surface area (Å²) >= 11 is 0. The van der Waals surface area contributed by atoms with Gasteiger partial charge in [0.1, 0.15) is 18.0 Å². The van der Waals surface area contributed by atoms with Gasteiger partial charge in [0, 0.05) is 30.8 Å². The number of benzene rings is 1. The Morgan fingerprint density at radius 1 is 1.25 bits per heavy atom. The molecule has 2 atom stereocenters. The van der Waals surface area contributed by atoms with E-state index in [2.05, 4.69) is 25.6 Å². The molecule has 3 aliphatic rings. The lowest BCUT2D eigenvalue weighted by atomic mass is 9.68. The van der Waals surface area contributed by atoms with Gasteiger partial charge in [-0.25, -0.2) is 9.37 Å². The van der Waals surface area contributed by atoms with Crippen LogP contribution >= 0.6 is 0 Å². The fourth-order valence-corrected chi connectivity index (χ4v) is 4.28. The van der Waals surface area contributed by atoms with Gasteiger partial charge in [0.25, 0.3) is 0 Å². The van der Waals surface area contributed by atoms with Crippen molar-refractivity contribution < 1.29 is 9.18 Å². The molecule has 0 saturated carbocycles. The summed E-state index contributed by atoms with van der Waals surface area (Å²) in [6.07, 6.45) is 5.47. The maximum Gasteiger partial charge on any atom is 0.250 e. The maximum atomic E-state index is 13.5. The van der Waals surface area contributed by atoms with Crippen molar-refractivity contribution >= 4 is 5.91 Å². The third-order valence-corrected chi connectivity index (χ3v) is 5.50. The molecule has 2 aromatic rings. The minimum Gasteiger partial charge on any atom is -0.329 e. The van der Waals surface area contributed by atoms with Crippen LogP contribution in [-0.4, -0.2) is 27.2 Å². The van der Waals surface area contributed by atoms with E-state index in [9.17, 15) is 9.18 Å². The molecule has 0 spiro atoms. The highest BCUT2D eigenvalue weighted by Gasteiger charge is 2.41. The molecule has 140 valence electrons. The summed E-state index contributed by atoms with van der Waals surface area (Å²) in [4.78, 5) is 16.6. The molecule has 1 N–H and O–H groups in total. The van der Waals surface area contributed by atoms with Crippen molar-refractivity contribution in [1.82, 2.24) is 20.1 Å². The van der Waals surface area contributed by atoms with Gasteiger partial charge in [0.15, 0.2) is 0 Å². The van der Waals surface area contributed by atoms with E-state index < -0.39 is 0 Å². The number of azo groups is 1. The first-order chi connectivity index (χ1) is 13.6. The summed E-state index contributed by atoms with van der Waals surface area (Å²) in [7, 11) is 1.85. The number of amides is 1. The van der Waals surface area contributed by atoms with Crippen LogP contribution < -0.4 is 5.32 Å². The van der Waals surface area contributed by atoms with E-state index in [-0.39, 0.29) is 23.6 Å². The third kappa shape index (κ3) is 2.60. The van der Waals surface area contributed by atoms with Crippen molar-refractivity contribution in [3.8, 4) is 0 Å². The first-order valence-corrected chi connectivity index (χ1v) is 9.03. The number of nitrogens with one attached hydrogen (secondary N) is 1. The van der Waals surface area contributed by atoms with Gasteiger partial charge >= 0.3 is 0 Å². The number of allylic oxidation sites excluding steroid dienone is 1. The highest BCUT2D eigenvalue weighted by atomic mass is 19.1. The molecule has 2 aliphatic heterocycles. The predicted octanol–water partition coefficient (Wildman–Crippen LogP) is 2.89. The van der Waals surface area contributed by atoms with Gasteiger partial charge in [0.05, 0.1) is 18.2 Å². The summed E-state index contributed by atoms with van der Waals surface area (Å²) < 4.78 is 15.3. The molecular formula is C20H17FN6O. The largest absolute Gasteiger partial charge is 0.329 e. The lowest BCUT2D eigenvalue weighted by Gasteiger charge is -2.37. The fourth-order valence-electron chi connectivity index (χ4n) is 4.28. The number of halogens is 1. The molecule has 7 nitrogen and oxygen atoms in total. The van der Waals surface area contributed by atoms with Crippen LogP contribution in [0.2, 0.25) is 0 Å². The quantitative estimate of drug-likeness (QED) is 0.875. The highest BCUT2D eigenvalue weighted by Crippen LogP contribution is 2.51. The van der Waals surface area contributed by atoms with Gasteiger partial charge in [-0.15, -0.1) is 0 Å². The molecule has 1 amide bonds. The van der Waals surface area contributed by atoms with Gasteiger partial charge in [0.2, 0.25) is 5.91 Å². The number of nitrogens with zero attached hydrogens (tertiary/aromatic N) is 5. The Kier molecular flexibility index (Phi) is 3.78. The zero-order chi connectivity index (χ0) is 19.3. The molecule has 1 aliphatic carbocycles. The van der Waals surface area contributed by atoms with Crippen molar-refractivity contribution in [1.29, 1.82) is 0 Å². The normalized spacial score (nSPS) is 23.6. The van der Waals surface area contributed by atoms with Crippen LogP contribution in [0, 0.1) is 5.82 Å². The van der Waals surface area contributed by atoms with Crippen molar-refractivity contribution in [3.05, 3.63) is 82.5 Å². The number of aryl methyl sites for hydroxylation is 1. The molecule has 0 radical (unpaired) electrons. The monoisotopic (exact) mass is 376 g/mol. The minimum atomic E-state index is -0.271. The van der Waals surface area contributed by atoms with Gasteiger partial charge in [-0.3, -0.25) is 9.48 Å². The zero-order valence-corrected chi connectivity index (χ0v) is 15.1. The molecule has 1 aromatic heterocycles. The molecule has 3 heterocycles. The highest BCUT2D eigenvalue weighted by molar-refractivity contribution is 5.91. The van der Waals surface area contributed by atoms with Crippen LogP contribution in [0.15, 0.2) is 75.5 Å². The summed E-state index contributed by atoms with van der Waals surface area (Å²) in [6.45, 7) is 0.488. The Morgan fingerprint density at radius 2 is 2.07 bits per heavy atom. The summed E-state index contributed by atoms with van der Waals surface area (Å²) in [5.74, 6) is 0.127. The maximum absolute atomic E-state index is 13.5. The molecule has 8 heteroatoms. The van der Waals surface area contributed by atoms with Crippen LogP contribution in [0.5, 0.6) is 0 Å². The second-order valence-electron chi connectivity index (χ2n) is 7.10. The summed E-state index contributed by atoms with van der Waals surface area (Å²) in [6, 6.07) is 6.57. The van der Waals surface area contributed by atoms with E-state index in [4.69, 9.17) is 0 Å². The van der Waals surface area contributed by atoms with Gasteiger partial charge in [-0.05, 0) is 35.3 Å². The van der Waals surface area contributed by atoms with Crippen LogP contribution in [0.4, 0.5) is 4.39 Å². The van der Waals surface area contributed by atoms with E-state index >= 15 is 0 Å². The fraction of sp³-hybridized carbons (Fsp3) is 0.250. The molecular weight excluding hydrogens is 359 g/mol. The number of rotatable bonds is 2. The summed E-state index contributed by atoms with van der Waals surface area (Å²) in [5, 5.41) is 15.5. The third-order valence-electron chi connectivity index (χ3n) is 5.50. The Hall–Kier alpha value is -3.42. The predicted molar refractivity (Wildman–Crippen MR) is 98.6 cm³/mol. The molecule has 5 rings (SSSR count). The Morgan fingerprint density at radius 3 is 2.82 bits per heavy atom. The number of aromatic nitrogens is 3. The molecule has 28 heavy (non-hydrogen) atoms. The number of hydrogen-bond acceptors (Lipinski definition) is 5. The van der Waals surface area contributed by atoms with E-state index in [0.29, 0.717) is 12.2 Å². The van der Waals surface area contributed by atoms with E-state index in [1.807, 2.05) is 19.2 Å². The number of hydrogen-bond donors (Lipinski definition) is 1. The average molecular weight is 376 g/mol.